The molecule has 2 unspecified atom stereocenters. The van der Waals surface area contributed by atoms with Crippen LogP contribution in [0.15, 0.2) is 35.6 Å². The summed E-state index contributed by atoms with van der Waals surface area (Å²) in [6, 6.07) is 6.58. The molecular weight excluding hydrogens is 310 g/mol. The van der Waals surface area contributed by atoms with Crippen LogP contribution in [0.2, 0.25) is 0 Å². The van der Waals surface area contributed by atoms with Gasteiger partial charge in [-0.15, -0.1) is 0 Å². The van der Waals surface area contributed by atoms with Crippen molar-refractivity contribution in [1.82, 2.24) is 4.90 Å². The first-order valence-corrected chi connectivity index (χ1v) is 8.03. The van der Waals surface area contributed by atoms with E-state index < -0.39 is 17.7 Å². The van der Waals surface area contributed by atoms with Crippen molar-refractivity contribution in [3.05, 3.63) is 41.2 Å². The number of hydrogen-bond donors (Lipinski definition) is 1. The molecule has 3 rings (SSSR count). The zero-order valence-corrected chi connectivity index (χ0v) is 13.8. The monoisotopic (exact) mass is 331 g/mol. The highest BCUT2D eigenvalue weighted by molar-refractivity contribution is 6.08. The number of methoxy groups -OCH3 is 1. The smallest absolute Gasteiger partial charge is 0.290 e. The van der Waals surface area contributed by atoms with Crippen molar-refractivity contribution in [2.45, 2.75) is 31.9 Å². The molecular formula is C18H21NO5. The molecule has 0 aliphatic carbocycles. The third-order valence-corrected chi connectivity index (χ3v) is 4.52. The highest BCUT2D eigenvalue weighted by Crippen LogP contribution is 2.39. The number of Topliss-reactive ketones (excluding diaryl/α,β-unsaturated/α-hetero) is 1. The highest BCUT2D eigenvalue weighted by atomic mass is 16.5. The lowest BCUT2D eigenvalue weighted by atomic mass is 9.96. The minimum atomic E-state index is -0.616. The normalized spacial score (nSPS) is 23.9. The number of hydrogen-bond acceptors (Lipinski definition) is 5. The highest BCUT2D eigenvalue weighted by Gasteiger charge is 2.43. The summed E-state index contributed by atoms with van der Waals surface area (Å²) in [5.41, 5.74) is 0.862. The van der Waals surface area contributed by atoms with Crippen LogP contribution in [0.5, 0.6) is 5.75 Å². The van der Waals surface area contributed by atoms with Gasteiger partial charge in [0.15, 0.2) is 11.5 Å². The van der Waals surface area contributed by atoms with E-state index in [-0.39, 0.29) is 17.5 Å². The van der Waals surface area contributed by atoms with Crippen LogP contribution in [0.1, 0.15) is 31.4 Å². The van der Waals surface area contributed by atoms with Crippen molar-refractivity contribution in [2.75, 3.05) is 20.3 Å². The van der Waals surface area contributed by atoms with Gasteiger partial charge in [-0.25, -0.2) is 0 Å². The number of rotatable bonds is 5. The molecule has 1 aromatic rings. The maximum absolute atomic E-state index is 12.5. The molecule has 0 bridgehead atoms. The van der Waals surface area contributed by atoms with E-state index in [0.717, 1.165) is 18.4 Å². The van der Waals surface area contributed by atoms with Gasteiger partial charge in [-0.2, -0.15) is 0 Å². The average molecular weight is 331 g/mol. The zero-order valence-electron chi connectivity index (χ0n) is 13.8. The van der Waals surface area contributed by atoms with Gasteiger partial charge < -0.3 is 19.5 Å². The van der Waals surface area contributed by atoms with Crippen molar-refractivity contribution in [3.63, 3.8) is 0 Å². The quantitative estimate of drug-likeness (QED) is 0.895. The van der Waals surface area contributed by atoms with Gasteiger partial charge in [0.1, 0.15) is 5.75 Å². The molecule has 0 aromatic heterocycles. The predicted octanol–water partition coefficient (Wildman–Crippen LogP) is 2.16. The topological polar surface area (TPSA) is 76.1 Å². The third kappa shape index (κ3) is 2.89. The van der Waals surface area contributed by atoms with Gasteiger partial charge in [0.2, 0.25) is 0 Å². The molecule has 1 N–H and O–H groups in total. The Labute approximate surface area is 140 Å². The van der Waals surface area contributed by atoms with Crippen molar-refractivity contribution >= 4 is 11.7 Å². The predicted molar refractivity (Wildman–Crippen MR) is 86.8 cm³/mol. The van der Waals surface area contributed by atoms with Crippen LogP contribution < -0.4 is 4.74 Å². The van der Waals surface area contributed by atoms with Crippen LogP contribution in [0, 0.1) is 0 Å². The largest absolute Gasteiger partial charge is 0.503 e. The van der Waals surface area contributed by atoms with E-state index in [0.29, 0.717) is 18.9 Å². The number of nitrogens with zero attached hydrogens (tertiary/aromatic N) is 1. The molecule has 2 aliphatic heterocycles. The molecule has 1 amide bonds. The fourth-order valence-electron chi connectivity index (χ4n) is 3.37. The summed E-state index contributed by atoms with van der Waals surface area (Å²) in [4.78, 5) is 26.1. The first-order valence-electron chi connectivity index (χ1n) is 8.03. The van der Waals surface area contributed by atoms with Gasteiger partial charge in [-0.1, -0.05) is 12.1 Å². The Morgan fingerprint density at radius 2 is 2.25 bits per heavy atom. The van der Waals surface area contributed by atoms with Crippen molar-refractivity contribution in [1.29, 1.82) is 0 Å². The van der Waals surface area contributed by atoms with Gasteiger partial charge in [-0.3, -0.25) is 9.59 Å². The molecule has 0 radical (unpaired) electrons. The van der Waals surface area contributed by atoms with E-state index in [1.165, 1.54) is 11.8 Å². The second-order valence-electron chi connectivity index (χ2n) is 6.09. The molecule has 6 nitrogen and oxygen atoms in total. The fraction of sp³-hybridized carbons (Fsp3) is 0.444. The Hall–Kier alpha value is -2.34. The number of ether oxygens (including phenoxy) is 2. The first kappa shape index (κ1) is 16.5. The Balaban J connectivity index is 2.00. The molecule has 1 saturated heterocycles. The molecule has 0 spiro atoms. The lowest BCUT2D eigenvalue weighted by Crippen LogP contribution is -2.37. The Morgan fingerprint density at radius 1 is 1.46 bits per heavy atom. The average Bonchev–Trinajstić information content (AvgIpc) is 3.17. The standard InChI is InChI=1S/C18H21NO5/c1-11(20)15-16(12-5-3-6-13(9-12)23-2)19(18(22)17(15)21)10-14-7-4-8-24-14/h3,5-6,9,14,16,21H,4,7-8,10H2,1-2H3. The molecule has 1 fully saturated rings. The zero-order chi connectivity index (χ0) is 17.3. The molecule has 128 valence electrons. The van der Waals surface area contributed by atoms with E-state index in [1.54, 1.807) is 25.3 Å². The van der Waals surface area contributed by atoms with Crippen molar-refractivity contribution in [2.24, 2.45) is 0 Å². The minimum Gasteiger partial charge on any atom is -0.503 e. The van der Waals surface area contributed by atoms with Crippen LogP contribution >= 0.6 is 0 Å². The van der Waals surface area contributed by atoms with Gasteiger partial charge in [0.05, 0.1) is 24.8 Å². The van der Waals surface area contributed by atoms with Crippen LogP contribution in [0.3, 0.4) is 0 Å². The van der Waals surface area contributed by atoms with Crippen LogP contribution in [-0.4, -0.2) is 48.1 Å². The second kappa shape index (κ2) is 6.65. The number of aliphatic hydroxyl groups is 1. The number of aliphatic hydroxyl groups excluding tert-OH is 1. The van der Waals surface area contributed by atoms with Crippen molar-refractivity contribution in [3.8, 4) is 5.75 Å². The number of ketones is 1. The van der Waals surface area contributed by atoms with Gasteiger partial charge >= 0.3 is 0 Å². The van der Waals surface area contributed by atoms with Gasteiger partial charge in [-0.05, 0) is 37.5 Å². The maximum atomic E-state index is 12.5. The van der Waals surface area contributed by atoms with E-state index in [2.05, 4.69) is 0 Å². The van der Waals surface area contributed by atoms with Crippen molar-refractivity contribution < 1.29 is 24.2 Å². The first-order chi connectivity index (χ1) is 11.5. The number of amides is 1. The SMILES string of the molecule is COc1cccc(C2C(C(C)=O)=C(O)C(=O)N2CC2CCCO2)c1. The molecule has 2 aliphatic rings. The summed E-state index contributed by atoms with van der Waals surface area (Å²) < 4.78 is 10.9. The summed E-state index contributed by atoms with van der Waals surface area (Å²) in [7, 11) is 1.56. The third-order valence-electron chi connectivity index (χ3n) is 4.52. The van der Waals surface area contributed by atoms with E-state index in [4.69, 9.17) is 9.47 Å². The van der Waals surface area contributed by atoms with Crippen LogP contribution in [0.25, 0.3) is 0 Å². The molecule has 24 heavy (non-hydrogen) atoms. The number of benzene rings is 1. The van der Waals surface area contributed by atoms with E-state index >= 15 is 0 Å². The summed E-state index contributed by atoms with van der Waals surface area (Å²) in [5, 5.41) is 10.2. The lowest BCUT2D eigenvalue weighted by Gasteiger charge is -2.28. The Morgan fingerprint density at radius 3 is 2.88 bits per heavy atom. The summed E-state index contributed by atoms with van der Waals surface area (Å²) in [6.07, 6.45) is 1.75. The van der Waals surface area contributed by atoms with Crippen LogP contribution in [-0.2, 0) is 14.3 Å². The fourth-order valence-corrected chi connectivity index (χ4v) is 3.37. The Bertz CT molecular complexity index is 690. The number of carbonyl (C=O) groups excluding carboxylic acids is 2. The maximum Gasteiger partial charge on any atom is 0.290 e. The van der Waals surface area contributed by atoms with E-state index in [9.17, 15) is 14.7 Å². The van der Waals surface area contributed by atoms with Gasteiger partial charge in [0, 0.05) is 13.2 Å². The van der Waals surface area contributed by atoms with E-state index in [1.807, 2.05) is 6.07 Å². The second-order valence-corrected chi connectivity index (χ2v) is 6.09. The molecule has 2 atom stereocenters. The summed E-state index contributed by atoms with van der Waals surface area (Å²) in [5.74, 6) is -0.674. The van der Waals surface area contributed by atoms with Gasteiger partial charge in [0.25, 0.3) is 5.91 Å². The number of carbonyl (C=O) groups is 2. The Kier molecular flexibility index (Phi) is 4.57. The molecule has 0 saturated carbocycles. The summed E-state index contributed by atoms with van der Waals surface area (Å²) in [6.45, 7) is 2.39. The molecule has 1 aromatic carbocycles. The minimum absolute atomic E-state index is 0.0684. The lowest BCUT2D eigenvalue weighted by molar-refractivity contribution is -0.131. The molecule has 2 heterocycles. The van der Waals surface area contributed by atoms with Crippen LogP contribution in [0.4, 0.5) is 0 Å². The summed E-state index contributed by atoms with van der Waals surface area (Å²) >= 11 is 0. The molecule has 6 heteroatoms.